The molecule has 0 fully saturated rings. The van der Waals surface area contributed by atoms with Gasteiger partial charge in [0, 0.05) is 36.6 Å². The van der Waals surface area contributed by atoms with Crippen LogP contribution < -0.4 is 10.6 Å². The first-order chi connectivity index (χ1) is 11.6. The van der Waals surface area contributed by atoms with Gasteiger partial charge in [-0.05, 0) is 36.3 Å². The van der Waals surface area contributed by atoms with E-state index in [9.17, 15) is 9.59 Å². The van der Waals surface area contributed by atoms with E-state index in [1.54, 1.807) is 18.3 Å². The lowest BCUT2D eigenvalue weighted by Crippen LogP contribution is -2.40. The monoisotopic (exact) mass is 324 g/mol. The molecule has 3 rings (SSSR count). The summed E-state index contributed by atoms with van der Waals surface area (Å²) >= 11 is 0. The van der Waals surface area contributed by atoms with Crippen LogP contribution in [0.25, 0.3) is 0 Å². The molecule has 0 aliphatic carbocycles. The third-order valence-electron chi connectivity index (χ3n) is 4.06. The van der Waals surface area contributed by atoms with Crippen LogP contribution in [-0.2, 0) is 29.0 Å². The van der Waals surface area contributed by atoms with Gasteiger partial charge >= 0.3 is 0 Å². The third kappa shape index (κ3) is 3.90. The van der Waals surface area contributed by atoms with E-state index in [1.807, 2.05) is 22.9 Å². The summed E-state index contributed by atoms with van der Waals surface area (Å²) in [6.07, 6.45) is 4.99. The van der Waals surface area contributed by atoms with Gasteiger partial charge in [-0.1, -0.05) is 18.7 Å². The molecular weight excluding hydrogens is 304 g/mol. The minimum Gasteiger partial charge on any atom is -0.353 e. The zero-order chi connectivity index (χ0) is 16.9. The number of anilines is 1. The van der Waals surface area contributed by atoms with Crippen molar-refractivity contribution in [2.45, 2.75) is 31.8 Å². The molecule has 0 radical (unpaired) electrons. The van der Waals surface area contributed by atoms with E-state index in [-0.39, 0.29) is 24.3 Å². The number of benzene rings is 1. The molecule has 1 aromatic carbocycles. The summed E-state index contributed by atoms with van der Waals surface area (Å²) in [5, 5.41) is 10.0. The molecule has 24 heavy (non-hydrogen) atoms. The summed E-state index contributed by atoms with van der Waals surface area (Å²) in [6, 6.07) is 9.41. The van der Waals surface area contributed by atoms with Gasteiger partial charge in [-0.25, -0.2) is 0 Å². The Morgan fingerprint density at radius 2 is 2.25 bits per heavy atom. The van der Waals surface area contributed by atoms with Crippen molar-refractivity contribution in [2.75, 3.05) is 5.32 Å². The van der Waals surface area contributed by atoms with E-state index in [0.717, 1.165) is 30.6 Å². The number of carbonyl (C=O) groups is 2. The summed E-state index contributed by atoms with van der Waals surface area (Å²) in [4.78, 5) is 23.6. The summed E-state index contributed by atoms with van der Waals surface area (Å²) in [5.74, 6) is -0.282. The van der Waals surface area contributed by atoms with Gasteiger partial charge in [0.15, 0.2) is 0 Å². The van der Waals surface area contributed by atoms with Crippen molar-refractivity contribution in [1.29, 1.82) is 0 Å². The number of carbonyl (C=O) groups excluding carboxylic acids is 2. The second-order valence-electron chi connectivity index (χ2n) is 5.87. The number of hydrogen-bond acceptors (Lipinski definition) is 3. The van der Waals surface area contributed by atoms with Gasteiger partial charge in [-0.3, -0.25) is 14.3 Å². The standard InChI is InChI=1S/C18H20N4O2/c1-2-17(23)20-14-5-3-4-13(10-14)11-18(24)21-15-7-9-22-16(12-15)6-8-19-22/h2-6,8,10,15H,1,7,9,11-12H2,(H,20,23)(H,21,24). The molecule has 1 atom stereocenters. The summed E-state index contributed by atoms with van der Waals surface area (Å²) < 4.78 is 1.98. The van der Waals surface area contributed by atoms with Crippen LogP contribution in [0, 0.1) is 0 Å². The van der Waals surface area contributed by atoms with Crippen LogP contribution in [0.1, 0.15) is 17.7 Å². The first-order valence-corrected chi connectivity index (χ1v) is 7.96. The molecule has 1 aliphatic rings. The Kier molecular flexibility index (Phi) is 4.74. The molecule has 6 nitrogen and oxygen atoms in total. The highest BCUT2D eigenvalue weighted by Gasteiger charge is 2.20. The normalized spacial score (nSPS) is 16.1. The second-order valence-corrected chi connectivity index (χ2v) is 5.87. The molecule has 2 heterocycles. The van der Waals surface area contributed by atoms with Crippen LogP contribution in [0.2, 0.25) is 0 Å². The first kappa shape index (κ1) is 16.0. The molecule has 2 N–H and O–H groups in total. The van der Waals surface area contributed by atoms with Gasteiger partial charge in [0.2, 0.25) is 11.8 Å². The molecule has 124 valence electrons. The number of nitrogens with zero attached hydrogens (tertiary/aromatic N) is 2. The summed E-state index contributed by atoms with van der Waals surface area (Å²) in [5.41, 5.74) is 2.67. The topological polar surface area (TPSA) is 76.0 Å². The molecule has 2 aromatic rings. The maximum atomic E-state index is 12.3. The molecule has 0 spiro atoms. The van der Waals surface area contributed by atoms with Crippen molar-refractivity contribution in [3.63, 3.8) is 0 Å². The molecule has 0 saturated heterocycles. The highest BCUT2D eigenvalue weighted by atomic mass is 16.2. The van der Waals surface area contributed by atoms with Gasteiger partial charge in [-0.2, -0.15) is 5.10 Å². The molecule has 1 aliphatic heterocycles. The fourth-order valence-corrected chi connectivity index (χ4v) is 2.91. The van der Waals surface area contributed by atoms with Crippen molar-refractivity contribution in [1.82, 2.24) is 15.1 Å². The highest BCUT2D eigenvalue weighted by molar-refractivity contribution is 5.98. The lowest BCUT2D eigenvalue weighted by Gasteiger charge is -2.24. The highest BCUT2D eigenvalue weighted by Crippen LogP contribution is 2.15. The number of amides is 2. The SMILES string of the molecule is C=CC(=O)Nc1cccc(CC(=O)NC2CCn3nccc3C2)c1. The number of nitrogens with one attached hydrogen (secondary N) is 2. The second kappa shape index (κ2) is 7.12. The van der Waals surface area contributed by atoms with Crippen LogP contribution in [0.5, 0.6) is 0 Å². The van der Waals surface area contributed by atoms with Crippen molar-refractivity contribution in [3.8, 4) is 0 Å². The number of hydrogen-bond donors (Lipinski definition) is 2. The minimum absolute atomic E-state index is 0.0137. The van der Waals surface area contributed by atoms with Gasteiger partial charge in [0.25, 0.3) is 0 Å². The predicted octanol–water partition coefficient (Wildman–Crippen LogP) is 1.68. The van der Waals surface area contributed by atoms with Crippen molar-refractivity contribution < 1.29 is 9.59 Å². The average Bonchev–Trinajstić information content (AvgIpc) is 3.02. The molecule has 1 unspecified atom stereocenters. The van der Waals surface area contributed by atoms with Gasteiger partial charge in [0.05, 0.1) is 6.42 Å². The first-order valence-electron chi connectivity index (χ1n) is 7.96. The average molecular weight is 324 g/mol. The van der Waals surface area contributed by atoms with E-state index in [2.05, 4.69) is 22.3 Å². The van der Waals surface area contributed by atoms with Gasteiger partial charge in [-0.15, -0.1) is 0 Å². The molecular formula is C18H20N4O2. The van der Waals surface area contributed by atoms with Crippen LogP contribution in [0.4, 0.5) is 5.69 Å². The number of rotatable bonds is 5. The molecule has 6 heteroatoms. The Bertz CT molecular complexity index is 766. The molecule has 0 saturated carbocycles. The Balaban J connectivity index is 1.56. The third-order valence-corrected chi connectivity index (χ3v) is 4.06. The Labute approximate surface area is 140 Å². The predicted molar refractivity (Wildman–Crippen MR) is 91.5 cm³/mol. The van der Waals surface area contributed by atoms with Crippen LogP contribution in [0.3, 0.4) is 0 Å². The van der Waals surface area contributed by atoms with E-state index in [0.29, 0.717) is 5.69 Å². The largest absolute Gasteiger partial charge is 0.353 e. The summed E-state index contributed by atoms with van der Waals surface area (Å²) in [6.45, 7) is 4.25. The number of aryl methyl sites for hydroxylation is 1. The molecule has 1 aromatic heterocycles. The fourth-order valence-electron chi connectivity index (χ4n) is 2.91. The van der Waals surface area contributed by atoms with Gasteiger partial charge in [0.1, 0.15) is 0 Å². The van der Waals surface area contributed by atoms with Crippen molar-refractivity contribution >= 4 is 17.5 Å². The van der Waals surface area contributed by atoms with E-state index in [4.69, 9.17) is 0 Å². The minimum atomic E-state index is -0.268. The van der Waals surface area contributed by atoms with E-state index >= 15 is 0 Å². The zero-order valence-corrected chi connectivity index (χ0v) is 13.4. The molecule has 0 bridgehead atoms. The maximum absolute atomic E-state index is 12.3. The van der Waals surface area contributed by atoms with Crippen LogP contribution >= 0.6 is 0 Å². The Morgan fingerprint density at radius 1 is 1.38 bits per heavy atom. The maximum Gasteiger partial charge on any atom is 0.247 e. The zero-order valence-electron chi connectivity index (χ0n) is 13.4. The Hall–Kier alpha value is -2.89. The van der Waals surface area contributed by atoms with Crippen molar-refractivity contribution in [3.05, 3.63) is 60.4 Å². The van der Waals surface area contributed by atoms with E-state index in [1.165, 1.54) is 6.08 Å². The lowest BCUT2D eigenvalue weighted by molar-refractivity contribution is -0.121. The number of fused-ring (bicyclic) bond motifs is 1. The quantitative estimate of drug-likeness (QED) is 0.822. The van der Waals surface area contributed by atoms with E-state index < -0.39 is 0 Å². The van der Waals surface area contributed by atoms with Crippen molar-refractivity contribution in [2.24, 2.45) is 0 Å². The lowest BCUT2D eigenvalue weighted by atomic mass is 10.0. The van der Waals surface area contributed by atoms with Crippen LogP contribution in [-0.4, -0.2) is 27.6 Å². The van der Waals surface area contributed by atoms with Crippen LogP contribution in [0.15, 0.2) is 49.2 Å². The smallest absolute Gasteiger partial charge is 0.247 e. The Morgan fingerprint density at radius 3 is 3.08 bits per heavy atom. The molecule has 2 amide bonds. The van der Waals surface area contributed by atoms with Gasteiger partial charge < -0.3 is 10.6 Å². The fraction of sp³-hybridized carbons (Fsp3) is 0.278. The number of aromatic nitrogens is 2. The summed E-state index contributed by atoms with van der Waals surface area (Å²) in [7, 11) is 0.